The number of likely N-dealkylation sites (N-methyl/N-ethyl adjacent to an activating group) is 1. The normalized spacial score (nSPS) is 19.6. The maximum Gasteiger partial charge on any atom is 0.319 e. The van der Waals surface area contributed by atoms with E-state index in [1.807, 2.05) is 12.1 Å². The number of nitrogens with zero attached hydrogens (tertiary/aromatic N) is 5. The van der Waals surface area contributed by atoms with Gasteiger partial charge in [0.05, 0.1) is 10.9 Å². The molecule has 220 valence electrons. The molecule has 2 aromatic heterocycles. The first-order valence-electron chi connectivity index (χ1n) is 15.5. The highest BCUT2D eigenvalue weighted by Crippen LogP contribution is 2.41. The van der Waals surface area contributed by atoms with E-state index >= 15 is 4.39 Å². The van der Waals surface area contributed by atoms with Crippen molar-refractivity contribution in [2.24, 2.45) is 0 Å². The van der Waals surface area contributed by atoms with Crippen molar-refractivity contribution >= 4 is 16.7 Å². The zero-order chi connectivity index (χ0) is 28.8. The summed E-state index contributed by atoms with van der Waals surface area (Å²) in [6.45, 7) is 9.96. The van der Waals surface area contributed by atoms with E-state index in [0.29, 0.717) is 23.5 Å². The number of anilines is 1. The molecule has 0 spiro atoms. The fraction of sp³-hybridized carbons (Fsp3) is 0.606. The van der Waals surface area contributed by atoms with E-state index in [0.717, 1.165) is 62.9 Å². The van der Waals surface area contributed by atoms with Crippen LogP contribution in [0.3, 0.4) is 0 Å². The third kappa shape index (κ3) is 4.97. The van der Waals surface area contributed by atoms with Crippen molar-refractivity contribution < 1.29 is 9.13 Å². The summed E-state index contributed by atoms with van der Waals surface area (Å²) in [6, 6.07) is 6.35. The van der Waals surface area contributed by atoms with Crippen molar-refractivity contribution in [3.05, 3.63) is 41.3 Å². The molecule has 0 atom stereocenters. The molecule has 1 aromatic carbocycles. The number of hydrogen-bond acceptors (Lipinski definition) is 7. The van der Waals surface area contributed by atoms with Crippen LogP contribution in [0.25, 0.3) is 22.2 Å². The number of hydrogen-bond donors (Lipinski definition) is 1. The van der Waals surface area contributed by atoms with Crippen LogP contribution in [-0.2, 0) is 6.42 Å². The van der Waals surface area contributed by atoms with Gasteiger partial charge in [-0.15, -0.1) is 0 Å². The predicted octanol–water partition coefficient (Wildman–Crippen LogP) is 6.42. The molecule has 0 radical (unpaired) electrons. The maximum atomic E-state index is 16.6. The summed E-state index contributed by atoms with van der Waals surface area (Å²) < 4.78 is 22.9. The van der Waals surface area contributed by atoms with Crippen molar-refractivity contribution in [2.45, 2.75) is 89.1 Å². The lowest BCUT2D eigenvalue weighted by Crippen LogP contribution is -2.54. The number of benzene rings is 1. The molecule has 1 aliphatic carbocycles. The van der Waals surface area contributed by atoms with E-state index in [9.17, 15) is 0 Å². The quantitative estimate of drug-likeness (QED) is 0.307. The van der Waals surface area contributed by atoms with Gasteiger partial charge in [0.2, 0.25) is 0 Å². The first-order chi connectivity index (χ1) is 19.8. The molecule has 0 bridgehead atoms. The Labute approximate surface area is 243 Å². The van der Waals surface area contributed by atoms with E-state index in [-0.39, 0.29) is 28.5 Å². The minimum Gasteiger partial charge on any atom is -0.461 e. The minimum absolute atomic E-state index is 0.0571. The first kappa shape index (κ1) is 28.3. The number of nitrogens with one attached hydrogen (secondary N) is 1. The van der Waals surface area contributed by atoms with Crippen molar-refractivity contribution in [3.63, 3.8) is 0 Å². The Balaban J connectivity index is 1.41. The Hall–Kier alpha value is -2.84. The van der Waals surface area contributed by atoms with E-state index in [1.54, 1.807) is 6.20 Å². The Morgan fingerprint density at radius 2 is 1.83 bits per heavy atom. The highest BCUT2D eigenvalue weighted by atomic mass is 19.1. The second kappa shape index (κ2) is 11.1. The topological polar surface area (TPSA) is 66.4 Å². The second-order valence-electron chi connectivity index (χ2n) is 13.0. The highest BCUT2D eigenvalue weighted by Gasteiger charge is 2.45. The fourth-order valence-electron chi connectivity index (χ4n) is 7.51. The van der Waals surface area contributed by atoms with Crippen LogP contribution in [0.15, 0.2) is 24.4 Å². The van der Waals surface area contributed by atoms with Gasteiger partial charge >= 0.3 is 6.01 Å². The van der Waals surface area contributed by atoms with Crippen molar-refractivity contribution in [2.75, 3.05) is 45.7 Å². The Morgan fingerprint density at radius 1 is 1.07 bits per heavy atom. The molecule has 3 aliphatic rings. The number of ether oxygens (including phenoxy) is 1. The Morgan fingerprint density at radius 3 is 2.46 bits per heavy atom. The van der Waals surface area contributed by atoms with Crippen LogP contribution >= 0.6 is 0 Å². The summed E-state index contributed by atoms with van der Waals surface area (Å²) in [7, 11) is 4.26. The molecule has 6 rings (SSSR count). The smallest absolute Gasteiger partial charge is 0.319 e. The first-order valence-corrected chi connectivity index (χ1v) is 15.5. The van der Waals surface area contributed by atoms with Crippen LogP contribution in [0, 0.1) is 5.82 Å². The lowest BCUT2D eigenvalue weighted by Gasteiger charge is -2.47. The van der Waals surface area contributed by atoms with Crippen LogP contribution < -0.4 is 10.1 Å². The van der Waals surface area contributed by atoms with E-state index in [2.05, 4.69) is 56.0 Å². The van der Waals surface area contributed by atoms with E-state index in [4.69, 9.17) is 19.7 Å². The standard InChI is InChI=1S/C33H45FN6O/c1-6-23-11-7-12-24(26(23)22(2)3)28-27(34)29-25(19-35-28)30(36-20-32(39(4)5)13-8-14-32)38-31(37-29)41-21-33-15-9-17-40(33)18-10-16-33/h7,11-12,19,22H,6,8-10,13-18,20-21H2,1-5H3,(H,36,37,38). The number of aromatic nitrogens is 3. The number of halogens is 1. The van der Waals surface area contributed by atoms with Gasteiger partial charge in [-0.3, -0.25) is 9.88 Å². The molecule has 7 nitrogen and oxygen atoms in total. The van der Waals surface area contributed by atoms with Gasteiger partial charge in [0.25, 0.3) is 0 Å². The summed E-state index contributed by atoms with van der Waals surface area (Å²) in [5.41, 5.74) is 3.93. The van der Waals surface area contributed by atoms with Gasteiger partial charge in [-0.1, -0.05) is 39.0 Å². The van der Waals surface area contributed by atoms with Crippen molar-refractivity contribution in [1.82, 2.24) is 24.8 Å². The van der Waals surface area contributed by atoms with Gasteiger partial charge in [0.1, 0.15) is 23.6 Å². The van der Waals surface area contributed by atoms with Crippen LogP contribution in [0.5, 0.6) is 6.01 Å². The monoisotopic (exact) mass is 560 g/mol. The average Bonchev–Trinajstić information content (AvgIpc) is 3.51. The Kier molecular flexibility index (Phi) is 7.66. The third-order valence-corrected chi connectivity index (χ3v) is 10.2. The summed E-state index contributed by atoms with van der Waals surface area (Å²) in [6.07, 6.45) is 10.7. The molecule has 8 heteroatoms. The molecule has 1 saturated carbocycles. The largest absolute Gasteiger partial charge is 0.461 e. The van der Waals surface area contributed by atoms with Crippen molar-refractivity contribution in [1.29, 1.82) is 0 Å². The van der Waals surface area contributed by atoms with Crippen LogP contribution in [-0.4, -0.2) is 76.2 Å². The molecule has 0 amide bonds. The summed E-state index contributed by atoms with van der Waals surface area (Å²) in [4.78, 5) is 19.1. The minimum atomic E-state index is -0.416. The second-order valence-corrected chi connectivity index (χ2v) is 13.0. The predicted molar refractivity (Wildman–Crippen MR) is 163 cm³/mol. The van der Waals surface area contributed by atoms with Crippen LogP contribution in [0.2, 0.25) is 0 Å². The molecule has 2 saturated heterocycles. The van der Waals surface area contributed by atoms with Gasteiger partial charge in [0.15, 0.2) is 5.82 Å². The maximum absolute atomic E-state index is 16.6. The number of aryl methyl sites for hydroxylation is 1. The van der Waals surface area contributed by atoms with Gasteiger partial charge in [-0.2, -0.15) is 9.97 Å². The van der Waals surface area contributed by atoms with Gasteiger partial charge < -0.3 is 15.0 Å². The molecule has 41 heavy (non-hydrogen) atoms. The Bertz CT molecular complexity index is 1410. The summed E-state index contributed by atoms with van der Waals surface area (Å²) >= 11 is 0. The molecule has 3 aromatic rings. The molecule has 3 fully saturated rings. The van der Waals surface area contributed by atoms with Gasteiger partial charge in [-0.25, -0.2) is 4.39 Å². The summed E-state index contributed by atoms with van der Waals surface area (Å²) in [5.74, 6) is 0.416. The summed E-state index contributed by atoms with van der Waals surface area (Å²) in [5, 5.41) is 4.16. The lowest BCUT2D eigenvalue weighted by molar-refractivity contribution is 0.0738. The van der Waals surface area contributed by atoms with Gasteiger partial charge in [-0.05, 0) is 95.6 Å². The molecular weight excluding hydrogens is 515 g/mol. The van der Waals surface area contributed by atoms with Crippen molar-refractivity contribution in [3.8, 4) is 17.3 Å². The van der Waals surface area contributed by atoms with Crippen LogP contribution in [0.1, 0.15) is 82.8 Å². The van der Waals surface area contributed by atoms with E-state index < -0.39 is 5.82 Å². The number of pyridine rings is 1. The SMILES string of the molecule is CCc1cccc(-c2ncc3c(NCC4(N(C)C)CCC4)nc(OCC45CCCN4CCC5)nc3c2F)c1C(C)C. The molecule has 4 heterocycles. The third-order valence-electron chi connectivity index (χ3n) is 10.2. The van der Waals surface area contributed by atoms with Gasteiger partial charge in [0, 0.05) is 23.8 Å². The zero-order valence-electron chi connectivity index (χ0n) is 25.4. The molecule has 0 unspecified atom stereocenters. The number of rotatable bonds is 10. The fourth-order valence-corrected chi connectivity index (χ4v) is 7.51. The number of fused-ring (bicyclic) bond motifs is 2. The molecule has 2 aliphatic heterocycles. The molecular formula is C33H45FN6O. The van der Waals surface area contributed by atoms with E-state index in [1.165, 1.54) is 24.8 Å². The lowest BCUT2D eigenvalue weighted by atomic mass is 9.75. The molecule has 1 N–H and O–H groups in total. The average molecular weight is 561 g/mol. The van der Waals surface area contributed by atoms with Crippen LogP contribution in [0.4, 0.5) is 10.2 Å². The zero-order valence-corrected chi connectivity index (χ0v) is 25.4. The highest BCUT2D eigenvalue weighted by molar-refractivity contribution is 5.92.